The van der Waals surface area contributed by atoms with Crippen molar-refractivity contribution < 1.29 is 19.1 Å². The van der Waals surface area contributed by atoms with Gasteiger partial charge in [-0.1, -0.05) is 18.2 Å². The Morgan fingerprint density at radius 2 is 1.78 bits per heavy atom. The number of aliphatic hydroxyl groups excluding tert-OH is 1. The molecule has 2 amide bonds. The number of hydrogen-bond acceptors (Lipinski definition) is 3. The number of benzene rings is 1. The zero-order chi connectivity index (χ0) is 16.6. The largest absolute Gasteiger partial charge is 0.384 e. The molecule has 0 radical (unpaired) electrons. The van der Waals surface area contributed by atoms with E-state index in [9.17, 15) is 19.1 Å². The van der Waals surface area contributed by atoms with Crippen LogP contribution in [0, 0.1) is 11.7 Å². The average Bonchev–Trinajstić information content (AvgIpc) is 3.34. The van der Waals surface area contributed by atoms with Crippen molar-refractivity contribution in [1.29, 1.82) is 0 Å². The number of hydrogen-bond donors (Lipinski definition) is 1. The van der Waals surface area contributed by atoms with Gasteiger partial charge in [-0.25, -0.2) is 4.39 Å². The molecule has 2 aliphatic rings. The minimum Gasteiger partial charge on any atom is -0.384 e. The van der Waals surface area contributed by atoms with Gasteiger partial charge in [0.2, 0.25) is 5.91 Å². The maximum atomic E-state index is 13.8. The summed E-state index contributed by atoms with van der Waals surface area (Å²) in [5, 5.41) is 9.33. The van der Waals surface area contributed by atoms with Crippen molar-refractivity contribution in [2.45, 2.75) is 25.4 Å². The summed E-state index contributed by atoms with van der Waals surface area (Å²) in [4.78, 5) is 27.6. The van der Waals surface area contributed by atoms with E-state index in [1.165, 1.54) is 13.0 Å². The molecule has 3 unspecified atom stereocenters. The molecule has 0 aromatic heterocycles. The smallest absolute Gasteiger partial charge is 0.251 e. The number of piperazine rings is 1. The summed E-state index contributed by atoms with van der Waals surface area (Å²) in [6.07, 6.45) is -0.321. The van der Waals surface area contributed by atoms with Crippen molar-refractivity contribution in [2.75, 3.05) is 26.2 Å². The number of rotatable bonds is 3. The van der Waals surface area contributed by atoms with Crippen LogP contribution in [0.2, 0.25) is 0 Å². The number of nitrogens with zero attached hydrogens (tertiary/aromatic N) is 2. The van der Waals surface area contributed by atoms with Gasteiger partial charge in [-0.05, 0) is 30.9 Å². The highest BCUT2D eigenvalue weighted by Crippen LogP contribution is 2.49. The van der Waals surface area contributed by atoms with Gasteiger partial charge in [-0.2, -0.15) is 0 Å². The summed E-state index contributed by atoms with van der Waals surface area (Å²) in [7, 11) is 0. The van der Waals surface area contributed by atoms with Crippen LogP contribution in [0.3, 0.4) is 0 Å². The highest BCUT2D eigenvalue weighted by atomic mass is 19.1. The highest BCUT2D eigenvalue weighted by molar-refractivity contribution is 5.84. The van der Waals surface area contributed by atoms with Crippen molar-refractivity contribution >= 4 is 11.8 Å². The summed E-state index contributed by atoms with van der Waals surface area (Å²) >= 11 is 0. The molecule has 1 saturated carbocycles. The number of carbonyl (C=O) groups excluding carboxylic acids is 2. The molecule has 1 aromatic carbocycles. The lowest BCUT2D eigenvalue weighted by molar-refractivity contribution is -0.145. The van der Waals surface area contributed by atoms with Crippen LogP contribution in [0.5, 0.6) is 0 Å². The molecule has 0 spiro atoms. The van der Waals surface area contributed by atoms with E-state index in [0.29, 0.717) is 38.2 Å². The van der Waals surface area contributed by atoms with E-state index in [-0.39, 0.29) is 29.5 Å². The first-order valence-electron chi connectivity index (χ1n) is 7.99. The predicted octanol–water partition coefficient (Wildman–Crippen LogP) is 0.981. The van der Waals surface area contributed by atoms with Gasteiger partial charge in [0.05, 0.1) is 0 Å². The SMILES string of the molecule is CC(O)C(=O)N1CCN(C(=O)C2CC2c2ccccc2F)CC1. The van der Waals surface area contributed by atoms with E-state index in [1.807, 2.05) is 0 Å². The van der Waals surface area contributed by atoms with E-state index >= 15 is 0 Å². The van der Waals surface area contributed by atoms with Gasteiger partial charge in [0.15, 0.2) is 0 Å². The Hall–Kier alpha value is -1.95. The zero-order valence-corrected chi connectivity index (χ0v) is 13.1. The van der Waals surface area contributed by atoms with E-state index in [2.05, 4.69) is 0 Å². The summed E-state index contributed by atoms with van der Waals surface area (Å²) in [5.41, 5.74) is 0.619. The van der Waals surface area contributed by atoms with Crippen LogP contribution < -0.4 is 0 Å². The van der Waals surface area contributed by atoms with Crippen LogP contribution in [0.4, 0.5) is 4.39 Å². The van der Waals surface area contributed by atoms with E-state index in [1.54, 1.807) is 28.0 Å². The van der Waals surface area contributed by atoms with Crippen molar-refractivity contribution in [3.63, 3.8) is 0 Å². The van der Waals surface area contributed by atoms with Crippen molar-refractivity contribution in [3.8, 4) is 0 Å². The van der Waals surface area contributed by atoms with Gasteiger partial charge in [0.25, 0.3) is 5.91 Å². The van der Waals surface area contributed by atoms with Gasteiger partial charge in [-0.15, -0.1) is 0 Å². The van der Waals surface area contributed by atoms with E-state index < -0.39 is 6.10 Å². The molecule has 3 atom stereocenters. The monoisotopic (exact) mass is 320 g/mol. The van der Waals surface area contributed by atoms with Gasteiger partial charge >= 0.3 is 0 Å². The fourth-order valence-electron chi connectivity index (χ4n) is 3.23. The zero-order valence-electron chi connectivity index (χ0n) is 13.1. The molecule has 23 heavy (non-hydrogen) atoms. The molecule has 6 heteroatoms. The molecular weight excluding hydrogens is 299 g/mol. The summed E-state index contributed by atoms with van der Waals surface area (Å²) < 4.78 is 13.8. The molecule has 1 aromatic rings. The number of halogens is 1. The maximum absolute atomic E-state index is 13.8. The Labute approximate surface area is 134 Å². The quantitative estimate of drug-likeness (QED) is 0.903. The second-order valence-corrected chi connectivity index (χ2v) is 6.30. The van der Waals surface area contributed by atoms with E-state index in [4.69, 9.17) is 0 Å². The number of amides is 2. The van der Waals surface area contributed by atoms with Crippen molar-refractivity contribution in [2.24, 2.45) is 5.92 Å². The third-order valence-corrected chi connectivity index (χ3v) is 4.67. The normalized spacial score (nSPS) is 25.2. The van der Waals surface area contributed by atoms with Crippen LogP contribution in [-0.4, -0.2) is 59.0 Å². The Morgan fingerprint density at radius 1 is 1.17 bits per heavy atom. The van der Waals surface area contributed by atoms with E-state index in [0.717, 1.165) is 0 Å². The fraction of sp³-hybridized carbons (Fsp3) is 0.529. The minimum atomic E-state index is -1.01. The average molecular weight is 320 g/mol. The molecule has 0 bridgehead atoms. The summed E-state index contributed by atoms with van der Waals surface area (Å²) in [6.45, 7) is 3.26. The molecule has 124 valence electrons. The molecule has 3 rings (SSSR count). The van der Waals surface area contributed by atoms with Crippen molar-refractivity contribution in [1.82, 2.24) is 9.80 Å². The molecular formula is C17H21FN2O3. The first-order chi connectivity index (χ1) is 11.0. The highest BCUT2D eigenvalue weighted by Gasteiger charge is 2.47. The Balaban J connectivity index is 1.55. The lowest BCUT2D eigenvalue weighted by Gasteiger charge is -2.35. The van der Waals surface area contributed by atoms with Crippen LogP contribution in [0.15, 0.2) is 24.3 Å². The molecule has 1 aliphatic heterocycles. The minimum absolute atomic E-state index is 0.0270. The van der Waals surface area contributed by atoms with Gasteiger partial charge in [0.1, 0.15) is 11.9 Å². The van der Waals surface area contributed by atoms with Crippen LogP contribution in [0.1, 0.15) is 24.8 Å². The molecule has 1 aliphatic carbocycles. The first kappa shape index (κ1) is 15.9. The summed E-state index contributed by atoms with van der Waals surface area (Å²) in [5.74, 6) is -0.679. The van der Waals surface area contributed by atoms with Crippen LogP contribution in [0.25, 0.3) is 0 Å². The Bertz CT molecular complexity index is 612. The van der Waals surface area contributed by atoms with Gasteiger partial charge < -0.3 is 14.9 Å². The fourth-order valence-corrected chi connectivity index (χ4v) is 3.23. The summed E-state index contributed by atoms with van der Waals surface area (Å²) in [6, 6.07) is 6.61. The molecule has 1 saturated heterocycles. The maximum Gasteiger partial charge on any atom is 0.251 e. The van der Waals surface area contributed by atoms with Crippen molar-refractivity contribution in [3.05, 3.63) is 35.6 Å². The standard InChI is InChI=1S/C17H21FN2O3/c1-11(21)16(22)19-6-8-20(9-7-19)17(23)14-10-13(14)12-4-2-3-5-15(12)18/h2-5,11,13-14,21H,6-10H2,1H3. The van der Waals surface area contributed by atoms with Gasteiger partial charge in [0, 0.05) is 32.1 Å². The van der Waals surface area contributed by atoms with Gasteiger partial charge in [-0.3, -0.25) is 9.59 Å². The predicted molar refractivity (Wildman–Crippen MR) is 82.1 cm³/mol. The third kappa shape index (κ3) is 3.22. The molecule has 1 N–H and O–H groups in total. The first-order valence-corrected chi connectivity index (χ1v) is 7.99. The van der Waals surface area contributed by atoms with Crippen LogP contribution in [-0.2, 0) is 9.59 Å². The van der Waals surface area contributed by atoms with Crippen LogP contribution >= 0.6 is 0 Å². The molecule has 5 nitrogen and oxygen atoms in total. The molecule has 2 fully saturated rings. The third-order valence-electron chi connectivity index (χ3n) is 4.67. The number of carbonyl (C=O) groups is 2. The Kier molecular flexibility index (Phi) is 4.35. The topological polar surface area (TPSA) is 60.9 Å². The second-order valence-electron chi connectivity index (χ2n) is 6.30. The second kappa shape index (κ2) is 6.28. The lowest BCUT2D eigenvalue weighted by atomic mass is 10.1. The Morgan fingerprint density at radius 3 is 2.39 bits per heavy atom. The number of aliphatic hydroxyl groups is 1. The molecule has 1 heterocycles. The lowest BCUT2D eigenvalue weighted by Crippen LogP contribution is -2.52.